The smallest absolute Gasteiger partial charge is 0.129 e. The Hall–Kier alpha value is -1.25. The van der Waals surface area contributed by atoms with E-state index >= 15 is 0 Å². The van der Waals surface area contributed by atoms with Crippen molar-refractivity contribution in [1.29, 1.82) is 0 Å². The Kier molecular flexibility index (Phi) is 3.38. The van der Waals surface area contributed by atoms with Crippen molar-refractivity contribution in [1.82, 2.24) is 9.97 Å². The van der Waals surface area contributed by atoms with E-state index in [4.69, 9.17) is 0 Å². The lowest BCUT2D eigenvalue weighted by atomic mass is 10.1. The first kappa shape index (κ1) is 8.84. The van der Waals surface area contributed by atoms with Crippen molar-refractivity contribution < 1.29 is 4.79 Å². The highest BCUT2D eigenvalue weighted by atomic mass is 16.1. The van der Waals surface area contributed by atoms with Gasteiger partial charge < -0.3 is 4.79 Å². The Morgan fingerprint density at radius 3 is 2.92 bits per heavy atom. The van der Waals surface area contributed by atoms with Gasteiger partial charge in [0.15, 0.2) is 0 Å². The van der Waals surface area contributed by atoms with Gasteiger partial charge in [0.25, 0.3) is 0 Å². The Labute approximate surface area is 71.9 Å². The van der Waals surface area contributed by atoms with E-state index in [0.29, 0.717) is 6.42 Å². The molecule has 0 aromatic carbocycles. The summed E-state index contributed by atoms with van der Waals surface area (Å²) in [4.78, 5) is 18.6. The zero-order valence-electron chi connectivity index (χ0n) is 7.16. The lowest BCUT2D eigenvalue weighted by molar-refractivity contribution is -0.117. The van der Waals surface area contributed by atoms with Gasteiger partial charge >= 0.3 is 0 Å². The molecule has 0 N–H and O–H groups in total. The third-order valence-corrected chi connectivity index (χ3v) is 1.58. The SMILES string of the molecule is CC(=O)CCCc1cnccn1. The molecule has 0 atom stereocenters. The van der Waals surface area contributed by atoms with Crippen LogP contribution in [0, 0.1) is 0 Å². The average Bonchev–Trinajstić information content (AvgIpc) is 2.05. The summed E-state index contributed by atoms with van der Waals surface area (Å²) < 4.78 is 0. The average molecular weight is 164 g/mol. The Bertz CT molecular complexity index is 246. The second-order valence-corrected chi connectivity index (χ2v) is 2.75. The molecule has 0 unspecified atom stereocenters. The molecule has 1 aromatic rings. The fraction of sp³-hybridized carbons (Fsp3) is 0.444. The molecule has 0 saturated carbocycles. The van der Waals surface area contributed by atoms with Crippen molar-refractivity contribution in [3.8, 4) is 0 Å². The molecule has 0 bridgehead atoms. The Balaban J connectivity index is 2.29. The van der Waals surface area contributed by atoms with Crippen molar-refractivity contribution in [2.24, 2.45) is 0 Å². The molecule has 0 aliphatic carbocycles. The monoisotopic (exact) mass is 164 g/mol. The maximum atomic E-state index is 10.6. The molecular formula is C9H12N2O. The maximum absolute atomic E-state index is 10.6. The summed E-state index contributed by atoms with van der Waals surface area (Å²) >= 11 is 0. The molecule has 1 heterocycles. The zero-order valence-corrected chi connectivity index (χ0v) is 7.16. The van der Waals surface area contributed by atoms with Crippen molar-refractivity contribution >= 4 is 5.78 Å². The highest BCUT2D eigenvalue weighted by Gasteiger charge is 1.96. The van der Waals surface area contributed by atoms with Crippen molar-refractivity contribution in [3.05, 3.63) is 24.3 Å². The lowest BCUT2D eigenvalue weighted by Crippen LogP contribution is -1.94. The topological polar surface area (TPSA) is 42.9 Å². The fourth-order valence-electron chi connectivity index (χ4n) is 0.978. The van der Waals surface area contributed by atoms with Crippen LogP contribution in [-0.2, 0) is 11.2 Å². The second kappa shape index (κ2) is 4.59. The molecule has 0 fully saturated rings. The molecular weight excluding hydrogens is 152 g/mol. The van der Waals surface area contributed by atoms with Crippen molar-refractivity contribution in [2.75, 3.05) is 0 Å². The summed E-state index contributed by atoms with van der Waals surface area (Å²) in [5.74, 6) is 0.235. The van der Waals surface area contributed by atoms with E-state index in [-0.39, 0.29) is 5.78 Å². The largest absolute Gasteiger partial charge is 0.300 e. The number of Topliss-reactive ketones (excluding diaryl/α,β-unsaturated/α-hetero) is 1. The van der Waals surface area contributed by atoms with E-state index in [1.54, 1.807) is 25.5 Å². The van der Waals surface area contributed by atoms with Crippen LogP contribution < -0.4 is 0 Å². The standard InChI is InChI=1S/C9H12N2O/c1-8(12)3-2-4-9-7-10-5-6-11-9/h5-7H,2-4H2,1H3. The molecule has 0 radical (unpaired) electrons. The molecule has 3 nitrogen and oxygen atoms in total. The third-order valence-electron chi connectivity index (χ3n) is 1.58. The number of carbonyl (C=O) groups excluding carboxylic acids is 1. The number of aromatic nitrogens is 2. The summed E-state index contributed by atoms with van der Waals surface area (Å²) in [6, 6.07) is 0. The van der Waals surface area contributed by atoms with Crippen LogP contribution in [0.5, 0.6) is 0 Å². The first-order valence-electron chi connectivity index (χ1n) is 4.03. The van der Waals surface area contributed by atoms with E-state index in [9.17, 15) is 4.79 Å². The molecule has 64 valence electrons. The summed E-state index contributed by atoms with van der Waals surface area (Å²) in [6.45, 7) is 1.61. The van der Waals surface area contributed by atoms with Crippen LogP contribution in [0.25, 0.3) is 0 Å². The molecule has 0 saturated heterocycles. The molecule has 1 aromatic heterocycles. The van der Waals surface area contributed by atoms with E-state index in [1.165, 1.54) is 0 Å². The van der Waals surface area contributed by atoms with Gasteiger partial charge in [-0.3, -0.25) is 9.97 Å². The number of hydrogen-bond donors (Lipinski definition) is 0. The van der Waals surface area contributed by atoms with Gasteiger partial charge in [-0.15, -0.1) is 0 Å². The van der Waals surface area contributed by atoms with E-state index < -0.39 is 0 Å². The quantitative estimate of drug-likeness (QED) is 0.675. The van der Waals surface area contributed by atoms with E-state index in [0.717, 1.165) is 18.5 Å². The summed E-state index contributed by atoms with van der Waals surface area (Å²) in [5, 5.41) is 0. The molecule has 0 aliphatic heterocycles. The number of carbonyl (C=O) groups is 1. The van der Waals surface area contributed by atoms with Crippen LogP contribution in [0.3, 0.4) is 0 Å². The van der Waals surface area contributed by atoms with Crippen molar-refractivity contribution in [3.63, 3.8) is 0 Å². The van der Waals surface area contributed by atoms with Crippen LogP contribution >= 0.6 is 0 Å². The Morgan fingerprint density at radius 1 is 1.50 bits per heavy atom. The molecule has 12 heavy (non-hydrogen) atoms. The van der Waals surface area contributed by atoms with Crippen LogP contribution in [0.2, 0.25) is 0 Å². The minimum absolute atomic E-state index is 0.235. The number of ketones is 1. The van der Waals surface area contributed by atoms with Gasteiger partial charge in [0, 0.05) is 25.0 Å². The summed E-state index contributed by atoms with van der Waals surface area (Å²) in [5.41, 5.74) is 0.957. The van der Waals surface area contributed by atoms with Gasteiger partial charge in [-0.1, -0.05) is 0 Å². The summed E-state index contributed by atoms with van der Waals surface area (Å²) in [7, 11) is 0. The van der Waals surface area contributed by atoms with Gasteiger partial charge in [-0.05, 0) is 19.8 Å². The van der Waals surface area contributed by atoms with Crippen LogP contribution in [-0.4, -0.2) is 15.8 Å². The summed E-state index contributed by atoms with van der Waals surface area (Å²) in [6.07, 6.45) is 7.40. The van der Waals surface area contributed by atoms with Crippen LogP contribution in [0.4, 0.5) is 0 Å². The van der Waals surface area contributed by atoms with Crippen LogP contribution in [0.15, 0.2) is 18.6 Å². The highest BCUT2D eigenvalue weighted by Crippen LogP contribution is 1.99. The molecule has 0 aliphatic rings. The first-order valence-corrected chi connectivity index (χ1v) is 4.03. The van der Waals surface area contributed by atoms with Gasteiger partial charge in [-0.25, -0.2) is 0 Å². The van der Waals surface area contributed by atoms with Gasteiger partial charge in [0.05, 0.1) is 5.69 Å². The Morgan fingerprint density at radius 2 is 2.33 bits per heavy atom. The zero-order chi connectivity index (χ0) is 8.81. The molecule has 0 amide bonds. The van der Waals surface area contributed by atoms with Gasteiger partial charge in [-0.2, -0.15) is 0 Å². The first-order chi connectivity index (χ1) is 5.79. The second-order valence-electron chi connectivity index (χ2n) is 2.75. The maximum Gasteiger partial charge on any atom is 0.129 e. The fourth-order valence-corrected chi connectivity index (χ4v) is 0.978. The van der Waals surface area contributed by atoms with Crippen LogP contribution in [0.1, 0.15) is 25.5 Å². The van der Waals surface area contributed by atoms with Gasteiger partial charge in [0.2, 0.25) is 0 Å². The molecule has 0 spiro atoms. The number of nitrogens with zero attached hydrogens (tertiary/aromatic N) is 2. The number of aryl methyl sites for hydroxylation is 1. The lowest BCUT2D eigenvalue weighted by Gasteiger charge is -1.96. The normalized spacial score (nSPS) is 9.75. The van der Waals surface area contributed by atoms with Gasteiger partial charge in [0.1, 0.15) is 5.78 Å². The van der Waals surface area contributed by atoms with E-state index in [1.807, 2.05) is 0 Å². The number of rotatable bonds is 4. The minimum atomic E-state index is 0.235. The van der Waals surface area contributed by atoms with E-state index in [2.05, 4.69) is 9.97 Å². The number of hydrogen-bond acceptors (Lipinski definition) is 3. The highest BCUT2D eigenvalue weighted by molar-refractivity contribution is 5.75. The molecule has 3 heteroatoms. The molecule has 1 rings (SSSR count). The third kappa shape index (κ3) is 3.23. The van der Waals surface area contributed by atoms with Crippen molar-refractivity contribution in [2.45, 2.75) is 26.2 Å². The predicted molar refractivity (Wildman–Crippen MR) is 45.7 cm³/mol. The minimum Gasteiger partial charge on any atom is -0.300 e. The predicted octanol–water partition coefficient (Wildman–Crippen LogP) is 1.39.